The molecule has 24 aromatic rings. The smallest absolute Gasteiger partial charge is 0.0800 e. The number of fused-ring (bicyclic) bond motifs is 22. The molecule has 6 heterocycles. The molecule has 0 atom stereocenters. The third-order valence-corrected chi connectivity index (χ3v) is 25.3. The molecule has 0 saturated heterocycles. The van der Waals surface area contributed by atoms with E-state index in [-0.39, 0.29) is 0 Å². The summed E-state index contributed by atoms with van der Waals surface area (Å²) in [7, 11) is 0. The maximum Gasteiger partial charge on any atom is 0.0800 e. The van der Waals surface area contributed by atoms with E-state index in [0.29, 0.717) is 0 Å². The molecule has 0 spiro atoms. The Morgan fingerprint density at radius 2 is 0.612 bits per heavy atom. The van der Waals surface area contributed by atoms with Gasteiger partial charge in [-0.1, -0.05) is 249 Å². The largest absolute Gasteiger partial charge is 0.309 e. The van der Waals surface area contributed by atoms with Crippen LogP contribution < -0.4 is 0 Å². The molecule has 6 aromatic heterocycles. The summed E-state index contributed by atoms with van der Waals surface area (Å²) in [6.07, 6.45) is 0. The number of rotatable bonds is 9. The maximum atomic E-state index is 5.73. The summed E-state index contributed by atoms with van der Waals surface area (Å²) >= 11 is 0. The molecule has 116 heavy (non-hydrogen) atoms. The molecule has 0 unspecified atom stereocenters. The highest BCUT2D eigenvalue weighted by atomic mass is 15.0. The molecule has 2 aliphatic rings. The van der Waals surface area contributed by atoms with Crippen molar-refractivity contribution in [2.75, 3.05) is 0 Å². The summed E-state index contributed by atoms with van der Waals surface area (Å²) in [5, 5.41) is 18.1. The van der Waals surface area contributed by atoms with Gasteiger partial charge < -0.3 is 18.3 Å². The second-order valence-electron chi connectivity index (χ2n) is 31.4. The van der Waals surface area contributed by atoms with Crippen LogP contribution in [0.3, 0.4) is 0 Å². The molecule has 6 nitrogen and oxygen atoms in total. The number of nitrogens with zero attached hydrogens (tertiary/aromatic N) is 6. The monoisotopic (exact) mass is 1470 g/mol. The van der Waals surface area contributed by atoms with Gasteiger partial charge in [0.05, 0.1) is 66.7 Å². The lowest BCUT2D eigenvalue weighted by atomic mass is 9.93. The van der Waals surface area contributed by atoms with Crippen molar-refractivity contribution in [2.24, 2.45) is 0 Å². The maximum absolute atomic E-state index is 5.73. The van der Waals surface area contributed by atoms with E-state index < -0.39 is 0 Å². The molecule has 0 amide bonds. The zero-order chi connectivity index (χ0) is 75.5. The number of para-hydroxylation sites is 5. The van der Waals surface area contributed by atoms with Crippen LogP contribution in [-0.4, -0.2) is 28.2 Å². The topological polar surface area (TPSA) is 45.5 Å². The minimum Gasteiger partial charge on any atom is -0.309 e. The Morgan fingerprint density at radius 1 is 0.172 bits per heavy atom. The van der Waals surface area contributed by atoms with Crippen LogP contribution >= 0.6 is 0 Å². The van der Waals surface area contributed by atoms with E-state index in [1.807, 2.05) is 0 Å². The predicted molar refractivity (Wildman–Crippen MR) is 485 cm³/mol. The highest BCUT2D eigenvalue weighted by molar-refractivity contribution is 6.25. The molecule has 0 aliphatic heterocycles. The van der Waals surface area contributed by atoms with Crippen LogP contribution in [-0.2, 0) is 0 Å². The fourth-order valence-corrected chi connectivity index (χ4v) is 20.3. The van der Waals surface area contributed by atoms with E-state index in [2.05, 4.69) is 407 Å². The highest BCUT2D eigenvalue weighted by Gasteiger charge is 2.29. The summed E-state index contributed by atoms with van der Waals surface area (Å²) in [4.78, 5) is 11.1. The molecule has 0 N–H and O–H groups in total. The lowest BCUT2D eigenvalue weighted by Gasteiger charge is -2.14. The van der Waals surface area contributed by atoms with E-state index in [4.69, 9.17) is 9.97 Å². The van der Waals surface area contributed by atoms with E-state index in [1.54, 1.807) is 0 Å². The van der Waals surface area contributed by atoms with Crippen LogP contribution in [0.5, 0.6) is 0 Å². The van der Waals surface area contributed by atoms with Crippen LogP contribution in [0.4, 0.5) is 0 Å². The van der Waals surface area contributed by atoms with Crippen LogP contribution in [0, 0.1) is 0 Å². The van der Waals surface area contributed by atoms with Crippen molar-refractivity contribution in [1.82, 2.24) is 28.2 Å². The van der Waals surface area contributed by atoms with E-state index in [0.717, 1.165) is 89.5 Å². The standard InChI is InChI=1S/C110H64N6/c1-3-21-75(22-4-1)113-99-36-14-12-30-86(99)92-60-68(46-54-102(92)113)66-42-50-80-70(56-66)44-52-90-85-29-11-16-38-101(85)116(109(80)90)78-25-17-20-72(59-78)97-63-74-58-73(62-94-84-28-9-10-32-89(84)108(112-97)105(74)94)79-33-19-39-104-107(79)91-53-45-71-57-67(69-47-55-103-93(61-69)87-31-13-15-37-100(87)114(103)76-23-5-2-6-24-76)43-51-81(71)110(91)115(104)77-48-40-65(41-49-77)98-64-95-83-27-8-7-26-82(83)88-34-18-35-96(111-98)106(88)95/h1-64H. The van der Waals surface area contributed by atoms with Gasteiger partial charge in [0.2, 0.25) is 0 Å². The summed E-state index contributed by atoms with van der Waals surface area (Å²) in [6.45, 7) is 0. The second kappa shape index (κ2) is 24.0. The molecule has 0 radical (unpaired) electrons. The minimum atomic E-state index is 0.925. The lowest BCUT2D eigenvalue weighted by molar-refractivity contribution is 1.18. The molecule has 0 bridgehead atoms. The zero-order valence-corrected chi connectivity index (χ0v) is 62.6. The van der Waals surface area contributed by atoms with Gasteiger partial charge in [0.25, 0.3) is 0 Å². The van der Waals surface area contributed by atoms with Crippen molar-refractivity contribution in [1.29, 1.82) is 0 Å². The summed E-state index contributed by atoms with van der Waals surface area (Å²) in [5.74, 6) is 0. The number of benzene rings is 18. The number of hydrogen-bond acceptors (Lipinski definition) is 2. The average molecular weight is 1470 g/mol. The van der Waals surface area contributed by atoms with Gasteiger partial charge in [-0.2, -0.15) is 0 Å². The minimum absolute atomic E-state index is 0.925. The van der Waals surface area contributed by atoms with Crippen LogP contribution in [0.2, 0.25) is 0 Å². The molecule has 6 heteroatoms. The molecule has 0 saturated carbocycles. The predicted octanol–water partition coefficient (Wildman–Crippen LogP) is 29.1. The number of aromatic nitrogens is 6. The lowest BCUT2D eigenvalue weighted by Crippen LogP contribution is -1.96. The molecule has 534 valence electrons. The van der Waals surface area contributed by atoms with Crippen molar-refractivity contribution in [3.8, 4) is 123 Å². The summed E-state index contributed by atoms with van der Waals surface area (Å²) < 4.78 is 9.78. The van der Waals surface area contributed by atoms with Gasteiger partial charge >= 0.3 is 0 Å². The van der Waals surface area contributed by atoms with Gasteiger partial charge in [-0.25, -0.2) is 9.97 Å². The first kappa shape index (κ1) is 63.2. The van der Waals surface area contributed by atoms with E-state index >= 15 is 0 Å². The first-order valence-electron chi connectivity index (χ1n) is 40.0. The molecule has 26 rings (SSSR count). The Morgan fingerprint density at radius 3 is 1.28 bits per heavy atom. The Balaban J connectivity index is 0.624. The second-order valence-corrected chi connectivity index (χ2v) is 31.4. The van der Waals surface area contributed by atoms with E-state index in [9.17, 15) is 0 Å². The van der Waals surface area contributed by atoms with Gasteiger partial charge in [0.1, 0.15) is 0 Å². The molecule has 2 aliphatic carbocycles. The van der Waals surface area contributed by atoms with Gasteiger partial charge in [-0.3, -0.25) is 0 Å². The Hall–Kier alpha value is -15.5. The first-order chi connectivity index (χ1) is 57.5. The summed E-state index contributed by atoms with van der Waals surface area (Å²) in [6, 6.07) is 144. The van der Waals surface area contributed by atoms with Gasteiger partial charge in [-0.05, 0) is 222 Å². The highest BCUT2D eigenvalue weighted by Crippen LogP contribution is 2.53. The SMILES string of the molecule is c1ccc(-n2c3ccccc3c3cc(-c4ccc5c(ccc6c7ccccc7n(-c7cccc(-c8cc9cc(-c%10cccc%11c%10c%10ccc%12cc(-c%13ccc%14c(c%13)c%13ccccc%13n%14-c%13ccccc%13)ccc%12c%10n%11-c%10ccc(-c%11cc%12c%13c(cccc%13n%11)-c%11ccccc%11-%12)cc%10)cc%10c9c(n8)-c8ccccc8-%10)c7)c56)c4)ccc32)cc1. The third kappa shape index (κ3) is 9.06. The van der Waals surface area contributed by atoms with Crippen molar-refractivity contribution in [3.63, 3.8) is 0 Å². The molecule has 18 aromatic carbocycles. The normalized spacial score (nSPS) is 12.3. The Kier molecular flexibility index (Phi) is 13.1. The number of pyridine rings is 2. The fourth-order valence-electron chi connectivity index (χ4n) is 20.3. The van der Waals surface area contributed by atoms with Crippen molar-refractivity contribution >= 4 is 130 Å². The molecular weight excluding hydrogens is 1410 g/mol. The van der Waals surface area contributed by atoms with Gasteiger partial charge in [-0.15, -0.1) is 0 Å². The van der Waals surface area contributed by atoms with E-state index in [1.165, 1.54) is 164 Å². The Bertz CT molecular complexity index is 8440. The van der Waals surface area contributed by atoms with Crippen LogP contribution in [0.25, 0.3) is 254 Å². The van der Waals surface area contributed by atoms with Crippen molar-refractivity contribution in [2.45, 2.75) is 0 Å². The van der Waals surface area contributed by atoms with Crippen LogP contribution in [0.15, 0.2) is 388 Å². The van der Waals surface area contributed by atoms with Gasteiger partial charge in [0.15, 0.2) is 0 Å². The van der Waals surface area contributed by atoms with Gasteiger partial charge in [0, 0.05) is 104 Å². The quantitative estimate of drug-likeness (QED) is 0.145. The van der Waals surface area contributed by atoms with Crippen molar-refractivity contribution < 1.29 is 0 Å². The van der Waals surface area contributed by atoms with Crippen molar-refractivity contribution in [3.05, 3.63) is 388 Å². The average Bonchev–Trinajstić information content (AvgIpc) is 1.54. The molecule has 0 fully saturated rings. The Labute approximate surface area is 665 Å². The fraction of sp³-hybridized carbons (Fsp3) is 0. The molecular formula is C110H64N6. The first-order valence-corrected chi connectivity index (χ1v) is 40.0. The van der Waals surface area contributed by atoms with Crippen LogP contribution in [0.1, 0.15) is 0 Å². The number of hydrogen-bond donors (Lipinski definition) is 0. The summed E-state index contributed by atoms with van der Waals surface area (Å²) in [5.41, 5.74) is 35.5. The zero-order valence-electron chi connectivity index (χ0n) is 62.6. The third-order valence-electron chi connectivity index (χ3n) is 25.3.